The molecule has 3 N–H and O–H groups in total. The maximum atomic E-state index is 12.6. The molecule has 2 aliphatic carbocycles. The van der Waals surface area contributed by atoms with Gasteiger partial charge in [-0.15, -0.1) is 0 Å². The summed E-state index contributed by atoms with van der Waals surface area (Å²) in [6.07, 6.45) is 6.78. The van der Waals surface area contributed by atoms with Crippen LogP contribution < -0.4 is 10.6 Å². The number of carbonyl (C=O) groups is 2. The zero-order valence-electron chi connectivity index (χ0n) is 15.8. The first-order valence-electron chi connectivity index (χ1n) is 10.1. The van der Waals surface area contributed by atoms with Crippen LogP contribution >= 0.6 is 0 Å². The van der Waals surface area contributed by atoms with E-state index >= 15 is 0 Å². The zero-order valence-corrected chi connectivity index (χ0v) is 15.8. The number of nitrogens with one attached hydrogen (secondary N) is 2. The van der Waals surface area contributed by atoms with Gasteiger partial charge >= 0.3 is 0 Å². The summed E-state index contributed by atoms with van der Waals surface area (Å²) in [7, 11) is 0. The van der Waals surface area contributed by atoms with Crippen LogP contribution in [0.15, 0.2) is 30.5 Å². The van der Waals surface area contributed by atoms with Crippen molar-refractivity contribution in [2.45, 2.75) is 63.1 Å². The molecule has 3 atom stereocenters. The Balaban J connectivity index is 1.40. The second-order valence-electron chi connectivity index (χ2n) is 7.89. The van der Waals surface area contributed by atoms with Crippen LogP contribution in [-0.4, -0.2) is 45.1 Å². The standard InChI is InChI=1S/C21H26N4O3/c26-19-10-9-13(20(27)23-14-5-1-2-6-14)11-17(19)25-21(28)18-12-22-15-7-3-4-8-16(15)24-18/h3-4,7-8,12-14,17,19,26H,1-2,5-6,9-11H2,(H,23,27)(H,25,28)/t13-,17+,19+/m0/s1. The third kappa shape index (κ3) is 4.14. The van der Waals surface area contributed by atoms with E-state index in [2.05, 4.69) is 20.6 Å². The SMILES string of the molecule is O=C(N[C@@H]1C[C@@H](C(=O)NC2CCCC2)CC[C@H]1O)c1cnc2ccccc2n1. The van der Waals surface area contributed by atoms with E-state index in [9.17, 15) is 14.7 Å². The second kappa shape index (κ2) is 8.22. The van der Waals surface area contributed by atoms with E-state index < -0.39 is 12.1 Å². The molecule has 148 valence electrons. The van der Waals surface area contributed by atoms with Crippen molar-refractivity contribution in [3.63, 3.8) is 0 Å². The van der Waals surface area contributed by atoms with Crippen LogP contribution in [-0.2, 0) is 4.79 Å². The lowest BCUT2D eigenvalue weighted by atomic mass is 9.83. The van der Waals surface area contributed by atoms with E-state index in [1.165, 1.54) is 19.0 Å². The Bertz CT molecular complexity index is 866. The van der Waals surface area contributed by atoms with Gasteiger partial charge in [-0.1, -0.05) is 25.0 Å². The lowest BCUT2D eigenvalue weighted by Crippen LogP contribution is -2.50. The number of fused-ring (bicyclic) bond motifs is 1. The predicted molar refractivity (Wildman–Crippen MR) is 105 cm³/mol. The number of carbonyl (C=O) groups excluding carboxylic acids is 2. The average Bonchev–Trinajstić information content (AvgIpc) is 3.22. The van der Waals surface area contributed by atoms with Crippen molar-refractivity contribution in [1.29, 1.82) is 0 Å². The lowest BCUT2D eigenvalue weighted by molar-refractivity contribution is -0.127. The molecule has 0 saturated heterocycles. The normalized spacial score (nSPS) is 25.5. The molecule has 7 nitrogen and oxygen atoms in total. The van der Waals surface area contributed by atoms with E-state index in [1.807, 2.05) is 18.2 Å². The summed E-state index contributed by atoms with van der Waals surface area (Å²) in [5.74, 6) is -0.514. The molecule has 0 aliphatic heterocycles. The summed E-state index contributed by atoms with van der Waals surface area (Å²) >= 11 is 0. The smallest absolute Gasteiger partial charge is 0.271 e. The predicted octanol–water partition coefficient (Wildman–Crippen LogP) is 1.95. The molecule has 2 amide bonds. The Hall–Kier alpha value is -2.54. The van der Waals surface area contributed by atoms with Crippen molar-refractivity contribution in [3.8, 4) is 0 Å². The molecule has 2 fully saturated rings. The summed E-state index contributed by atoms with van der Waals surface area (Å²) in [4.78, 5) is 33.8. The number of para-hydroxylation sites is 2. The number of aromatic nitrogens is 2. The Labute approximate surface area is 164 Å². The van der Waals surface area contributed by atoms with Gasteiger partial charge in [0, 0.05) is 12.0 Å². The van der Waals surface area contributed by atoms with Crippen molar-refractivity contribution >= 4 is 22.8 Å². The molecule has 2 aliphatic rings. The molecule has 4 rings (SSSR count). The van der Waals surface area contributed by atoms with Gasteiger partial charge in [0.05, 0.1) is 29.4 Å². The number of hydrogen-bond acceptors (Lipinski definition) is 5. The third-order valence-corrected chi connectivity index (χ3v) is 5.88. The Morgan fingerprint density at radius 3 is 2.54 bits per heavy atom. The molecule has 0 bridgehead atoms. The van der Waals surface area contributed by atoms with Gasteiger partial charge in [-0.2, -0.15) is 0 Å². The number of amides is 2. The van der Waals surface area contributed by atoms with Crippen molar-refractivity contribution in [2.24, 2.45) is 5.92 Å². The van der Waals surface area contributed by atoms with Crippen molar-refractivity contribution < 1.29 is 14.7 Å². The minimum absolute atomic E-state index is 0.0449. The van der Waals surface area contributed by atoms with Crippen LogP contribution in [0.5, 0.6) is 0 Å². The fourth-order valence-corrected chi connectivity index (χ4v) is 4.25. The second-order valence-corrected chi connectivity index (χ2v) is 7.89. The van der Waals surface area contributed by atoms with Crippen molar-refractivity contribution in [1.82, 2.24) is 20.6 Å². The first kappa shape index (κ1) is 18.8. The Morgan fingerprint density at radius 1 is 1.00 bits per heavy atom. The summed E-state index contributed by atoms with van der Waals surface area (Å²) in [6, 6.07) is 7.16. The first-order chi connectivity index (χ1) is 13.6. The Kier molecular flexibility index (Phi) is 5.52. The quantitative estimate of drug-likeness (QED) is 0.750. The highest BCUT2D eigenvalue weighted by molar-refractivity contribution is 5.94. The van der Waals surface area contributed by atoms with E-state index in [1.54, 1.807) is 6.07 Å². The molecule has 28 heavy (non-hydrogen) atoms. The molecule has 2 aromatic rings. The van der Waals surface area contributed by atoms with Gasteiger partial charge in [0.25, 0.3) is 5.91 Å². The zero-order chi connectivity index (χ0) is 19.5. The fraction of sp³-hybridized carbons (Fsp3) is 0.524. The molecule has 7 heteroatoms. The molecular formula is C21H26N4O3. The van der Waals surface area contributed by atoms with Crippen LogP contribution in [0.25, 0.3) is 11.0 Å². The van der Waals surface area contributed by atoms with Crippen LogP contribution in [0.3, 0.4) is 0 Å². The third-order valence-electron chi connectivity index (χ3n) is 5.88. The fourth-order valence-electron chi connectivity index (χ4n) is 4.25. The highest BCUT2D eigenvalue weighted by Gasteiger charge is 2.35. The molecule has 0 unspecified atom stereocenters. The molecule has 1 heterocycles. The summed E-state index contributed by atoms with van der Waals surface area (Å²) in [5.41, 5.74) is 1.58. The molecule has 1 aromatic heterocycles. The van der Waals surface area contributed by atoms with Gasteiger partial charge in [-0.05, 0) is 44.2 Å². The summed E-state index contributed by atoms with van der Waals surface area (Å²) in [5, 5.41) is 16.3. The van der Waals surface area contributed by atoms with Gasteiger partial charge in [-0.3, -0.25) is 14.6 Å². The van der Waals surface area contributed by atoms with Gasteiger partial charge in [-0.25, -0.2) is 4.98 Å². The monoisotopic (exact) mass is 382 g/mol. The van der Waals surface area contributed by atoms with Crippen LogP contribution in [0.2, 0.25) is 0 Å². The summed E-state index contributed by atoms with van der Waals surface area (Å²) in [6.45, 7) is 0. The number of hydrogen-bond donors (Lipinski definition) is 3. The molecule has 0 spiro atoms. The first-order valence-corrected chi connectivity index (χ1v) is 10.1. The molecule has 0 radical (unpaired) electrons. The highest BCUT2D eigenvalue weighted by Crippen LogP contribution is 2.26. The largest absolute Gasteiger partial charge is 0.391 e. The van der Waals surface area contributed by atoms with Crippen molar-refractivity contribution in [3.05, 3.63) is 36.2 Å². The van der Waals surface area contributed by atoms with Crippen LogP contribution in [0.4, 0.5) is 0 Å². The topological polar surface area (TPSA) is 104 Å². The van der Waals surface area contributed by atoms with E-state index in [0.29, 0.717) is 24.8 Å². The van der Waals surface area contributed by atoms with Crippen LogP contribution in [0, 0.1) is 5.92 Å². The van der Waals surface area contributed by atoms with E-state index in [-0.39, 0.29) is 29.5 Å². The van der Waals surface area contributed by atoms with Gasteiger partial charge in [0.1, 0.15) is 5.69 Å². The highest BCUT2D eigenvalue weighted by atomic mass is 16.3. The van der Waals surface area contributed by atoms with Gasteiger partial charge in [0.2, 0.25) is 5.91 Å². The molecular weight excluding hydrogens is 356 g/mol. The maximum absolute atomic E-state index is 12.6. The number of aliphatic hydroxyl groups excluding tert-OH is 1. The van der Waals surface area contributed by atoms with Crippen LogP contribution in [0.1, 0.15) is 55.4 Å². The average molecular weight is 382 g/mol. The number of nitrogens with zero attached hydrogens (tertiary/aromatic N) is 2. The summed E-state index contributed by atoms with van der Waals surface area (Å²) < 4.78 is 0. The van der Waals surface area contributed by atoms with Gasteiger partial charge < -0.3 is 15.7 Å². The number of aliphatic hydroxyl groups is 1. The molecule has 2 saturated carbocycles. The lowest BCUT2D eigenvalue weighted by Gasteiger charge is -2.33. The van der Waals surface area contributed by atoms with Crippen molar-refractivity contribution in [2.75, 3.05) is 0 Å². The molecule has 1 aromatic carbocycles. The Morgan fingerprint density at radius 2 is 1.75 bits per heavy atom. The number of rotatable bonds is 4. The maximum Gasteiger partial charge on any atom is 0.271 e. The minimum atomic E-state index is -0.659. The number of benzene rings is 1. The minimum Gasteiger partial charge on any atom is -0.391 e. The van der Waals surface area contributed by atoms with E-state index in [4.69, 9.17) is 0 Å². The van der Waals surface area contributed by atoms with Gasteiger partial charge in [0.15, 0.2) is 0 Å². The van der Waals surface area contributed by atoms with E-state index in [0.717, 1.165) is 18.4 Å².